The summed E-state index contributed by atoms with van der Waals surface area (Å²) in [6.07, 6.45) is 17.5. The van der Waals surface area contributed by atoms with E-state index in [2.05, 4.69) is 141 Å². The van der Waals surface area contributed by atoms with Crippen molar-refractivity contribution in [3.63, 3.8) is 0 Å². The Labute approximate surface area is 280 Å². The Morgan fingerprint density at radius 1 is 0.489 bits per heavy atom. The van der Waals surface area contributed by atoms with Crippen molar-refractivity contribution in [1.82, 2.24) is 0 Å². The summed E-state index contributed by atoms with van der Waals surface area (Å²) in [7, 11) is 0. The molecule has 7 atom stereocenters. The first-order valence-electron chi connectivity index (χ1n) is 18.3. The highest BCUT2D eigenvalue weighted by atomic mass is 14.5. The summed E-state index contributed by atoms with van der Waals surface area (Å²) < 4.78 is 0. The third kappa shape index (κ3) is 4.26. The normalized spacial score (nSPS) is 29.3. The Kier molecular flexibility index (Phi) is 6.19. The third-order valence-corrected chi connectivity index (χ3v) is 13.3. The first-order valence-corrected chi connectivity index (χ1v) is 18.3. The third-order valence-electron chi connectivity index (χ3n) is 13.3. The summed E-state index contributed by atoms with van der Waals surface area (Å²) >= 11 is 0. The van der Waals surface area contributed by atoms with E-state index in [1.165, 1.54) is 87.4 Å². The van der Waals surface area contributed by atoms with Gasteiger partial charge in [0.2, 0.25) is 0 Å². The molecule has 7 unspecified atom stereocenters. The van der Waals surface area contributed by atoms with Gasteiger partial charge in [0.05, 0.1) is 0 Å². The molecule has 2 fully saturated rings. The zero-order valence-corrected chi connectivity index (χ0v) is 27.7. The van der Waals surface area contributed by atoms with Crippen LogP contribution in [0.2, 0.25) is 0 Å². The van der Waals surface area contributed by atoms with Gasteiger partial charge in [-0.2, -0.15) is 0 Å². The Bertz CT molecular complexity index is 2100. The molecule has 5 aromatic carbocycles. The molecule has 0 spiro atoms. The quantitative estimate of drug-likeness (QED) is 0.179. The number of fused-ring (bicyclic) bond motifs is 4. The van der Waals surface area contributed by atoms with Gasteiger partial charge in [-0.1, -0.05) is 130 Å². The first kappa shape index (κ1) is 27.9. The van der Waals surface area contributed by atoms with Gasteiger partial charge in [0, 0.05) is 5.41 Å². The van der Waals surface area contributed by atoms with Gasteiger partial charge in [0.15, 0.2) is 0 Å². The van der Waals surface area contributed by atoms with Crippen LogP contribution in [0.25, 0.3) is 44.2 Å². The second-order valence-corrected chi connectivity index (χ2v) is 15.9. The number of allylic oxidation sites excluding steroid dienone is 4. The highest BCUT2D eigenvalue weighted by molar-refractivity contribution is 5.88. The van der Waals surface area contributed by atoms with E-state index in [4.69, 9.17) is 0 Å². The van der Waals surface area contributed by atoms with Crippen LogP contribution in [0, 0.1) is 35.5 Å². The van der Waals surface area contributed by atoms with Gasteiger partial charge in [0.25, 0.3) is 0 Å². The zero-order valence-electron chi connectivity index (χ0n) is 27.7. The number of benzene rings is 5. The summed E-state index contributed by atoms with van der Waals surface area (Å²) in [6.45, 7) is 4.91. The molecular weight excluding hydrogens is 565 g/mol. The average molecular weight is 609 g/mol. The van der Waals surface area contributed by atoms with Crippen LogP contribution in [0.1, 0.15) is 68.6 Å². The maximum absolute atomic E-state index is 2.69. The molecule has 5 aromatic rings. The molecule has 0 heterocycles. The molecule has 0 N–H and O–H groups in total. The molecule has 232 valence electrons. The fraction of sp³-hybridized carbons (Fsp3) is 0.319. The van der Waals surface area contributed by atoms with Crippen molar-refractivity contribution in [2.75, 3.05) is 0 Å². The zero-order chi connectivity index (χ0) is 31.3. The summed E-state index contributed by atoms with van der Waals surface area (Å²) in [5.74, 6) is 5.47. The summed E-state index contributed by atoms with van der Waals surface area (Å²) in [4.78, 5) is 0. The van der Waals surface area contributed by atoms with Crippen LogP contribution in [-0.4, -0.2) is 0 Å². The monoisotopic (exact) mass is 608 g/mol. The van der Waals surface area contributed by atoms with E-state index in [0.717, 1.165) is 29.6 Å². The molecule has 2 saturated carbocycles. The van der Waals surface area contributed by atoms with E-state index in [-0.39, 0.29) is 5.41 Å². The minimum absolute atomic E-state index is 0.0284. The SMILES string of the molecule is CC1(C)c2cc(-c3cccc(-c4ccc5ccccc5c4)c3)ccc2-c2ccc(C3CCC4C=CC5CCCC6C=CC3C4C56)cc21. The predicted molar refractivity (Wildman–Crippen MR) is 197 cm³/mol. The predicted octanol–water partition coefficient (Wildman–Crippen LogP) is 12.4. The van der Waals surface area contributed by atoms with Crippen molar-refractivity contribution in [3.8, 4) is 33.4 Å². The van der Waals surface area contributed by atoms with Crippen LogP contribution >= 0.6 is 0 Å². The lowest BCUT2D eigenvalue weighted by Crippen LogP contribution is -2.47. The highest BCUT2D eigenvalue weighted by Gasteiger charge is 2.50. The fourth-order valence-corrected chi connectivity index (χ4v) is 11.0. The van der Waals surface area contributed by atoms with Crippen LogP contribution < -0.4 is 0 Å². The van der Waals surface area contributed by atoms with E-state index in [1.807, 2.05) is 0 Å². The maximum Gasteiger partial charge on any atom is 0.0159 e. The summed E-state index contributed by atoms with van der Waals surface area (Å²) in [5, 5.41) is 2.58. The lowest BCUT2D eigenvalue weighted by atomic mass is 9.49. The van der Waals surface area contributed by atoms with Crippen LogP contribution in [0.15, 0.2) is 127 Å². The molecule has 0 bridgehead atoms. The van der Waals surface area contributed by atoms with Crippen LogP contribution in [0.3, 0.4) is 0 Å². The highest BCUT2D eigenvalue weighted by Crippen LogP contribution is 2.59. The van der Waals surface area contributed by atoms with Crippen LogP contribution in [0.5, 0.6) is 0 Å². The molecule has 0 aromatic heterocycles. The smallest absolute Gasteiger partial charge is 0.0159 e. The maximum atomic E-state index is 2.69. The van der Waals surface area contributed by atoms with Crippen LogP contribution in [-0.2, 0) is 5.41 Å². The standard InChI is InChI=1S/C47H44/c1-47(2)43-27-37(35-12-6-11-34(26-35)36-16-13-29-7-3-4-8-33(29)25-36)19-22-40(43)41-23-20-38(28-44(41)47)39-21-17-32-15-14-30-9-5-10-31-18-24-42(39)46(32)45(30)31/h3-4,6-8,11-16,18-20,22-28,30-32,39,42,45-46H,5,9-10,17,21H2,1-2H3. The van der Waals surface area contributed by atoms with Crippen molar-refractivity contribution in [3.05, 3.63) is 144 Å². The van der Waals surface area contributed by atoms with Gasteiger partial charge in [-0.05, 0) is 146 Å². The van der Waals surface area contributed by atoms with Crippen LogP contribution in [0.4, 0.5) is 0 Å². The van der Waals surface area contributed by atoms with Gasteiger partial charge in [-0.15, -0.1) is 0 Å². The Morgan fingerprint density at radius 2 is 1.13 bits per heavy atom. The lowest BCUT2D eigenvalue weighted by Gasteiger charge is -2.55. The van der Waals surface area contributed by atoms with Crippen molar-refractivity contribution in [2.45, 2.75) is 57.3 Å². The first-order chi connectivity index (χ1) is 23.0. The largest absolute Gasteiger partial charge is 0.0848 e. The second kappa shape index (κ2) is 10.4. The Balaban J connectivity index is 0.982. The lowest BCUT2D eigenvalue weighted by molar-refractivity contribution is 0.0276. The summed E-state index contributed by atoms with van der Waals surface area (Å²) in [6, 6.07) is 39.4. The Hall–Kier alpha value is -4.16. The molecule has 0 nitrogen and oxygen atoms in total. The number of rotatable bonds is 3. The van der Waals surface area contributed by atoms with E-state index in [0.29, 0.717) is 11.8 Å². The average Bonchev–Trinajstić information content (AvgIpc) is 3.35. The Morgan fingerprint density at radius 3 is 1.94 bits per heavy atom. The molecule has 0 heteroatoms. The molecule has 5 aliphatic carbocycles. The molecule has 0 radical (unpaired) electrons. The van der Waals surface area contributed by atoms with E-state index in [9.17, 15) is 0 Å². The number of hydrogen-bond acceptors (Lipinski definition) is 0. The van der Waals surface area contributed by atoms with Crippen molar-refractivity contribution in [1.29, 1.82) is 0 Å². The molecule has 5 aliphatic rings. The van der Waals surface area contributed by atoms with Gasteiger partial charge in [-0.25, -0.2) is 0 Å². The molecule has 0 aliphatic heterocycles. The van der Waals surface area contributed by atoms with Gasteiger partial charge < -0.3 is 0 Å². The molecular formula is C47H44. The molecule has 47 heavy (non-hydrogen) atoms. The number of hydrogen-bond donors (Lipinski definition) is 0. The van der Waals surface area contributed by atoms with E-state index >= 15 is 0 Å². The van der Waals surface area contributed by atoms with E-state index < -0.39 is 0 Å². The second-order valence-electron chi connectivity index (χ2n) is 15.9. The molecule has 0 saturated heterocycles. The summed E-state index contributed by atoms with van der Waals surface area (Å²) in [5.41, 5.74) is 12.5. The van der Waals surface area contributed by atoms with Gasteiger partial charge in [-0.3, -0.25) is 0 Å². The minimum Gasteiger partial charge on any atom is -0.0848 e. The topological polar surface area (TPSA) is 0 Å². The van der Waals surface area contributed by atoms with E-state index in [1.54, 1.807) is 5.56 Å². The van der Waals surface area contributed by atoms with Crippen molar-refractivity contribution < 1.29 is 0 Å². The van der Waals surface area contributed by atoms with Crippen molar-refractivity contribution in [2.24, 2.45) is 35.5 Å². The molecule has 10 rings (SSSR count). The molecule has 0 amide bonds. The van der Waals surface area contributed by atoms with Gasteiger partial charge in [0.1, 0.15) is 0 Å². The fourth-order valence-electron chi connectivity index (χ4n) is 11.0. The van der Waals surface area contributed by atoms with Crippen molar-refractivity contribution >= 4 is 10.8 Å². The minimum atomic E-state index is -0.0284. The van der Waals surface area contributed by atoms with Gasteiger partial charge >= 0.3 is 0 Å².